The van der Waals surface area contributed by atoms with Crippen LogP contribution in [0.15, 0.2) is 12.5 Å². The van der Waals surface area contributed by atoms with Crippen LogP contribution in [0.2, 0.25) is 0 Å². The van der Waals surface area contributed by atoms with Gasteiger partial charge in [-0.3, -0.25) is 0 Å². The van der Waals surface area contributed by atoms with Gasteiger partial charge in [0.1, 0.15) is 0 Å². The zero-order valence-electron chi connectivity index (χ0n) is 7.56. The summed E-state index contributed by atoms with van der Waals surface area (Å²) in [7, 11) is -2.80. The molecule has 0 N–H and O–H groups in total. The summed E-state index contributed by atoms with van der Waals surface area (Å²) in [4.78, 5) is 4.15. The van der Waals surface area contributed by atoms with Crippen molar-refractivity contribution >= 4 is 25.8 Å². The molecule has 0 amide bonds. The van der Waals surface area contributed by atoms with Crippen molar-refractivity contribution in [2.45, 2.75) is 17.8 Å². The number of rotatable bonds is 2. The molecule has 4 nitrogen and oxygen atoms in total. The number of alkyl halides is 1. The SMILES string of the molecule is O=S1(=O)CCC(n2cnc(CBr)c2)C1. The van der Waals surface area contributed by atoms with E-state index in [1.807, 2.05) is 10.8 Å². The normalized spacial score (nSPS) is 25.4. The number of halogens is 1. The molecule has 6 heteroatoms. The Bertz CT molecular complexity index is 426. The van der Waals surface area contributed by atoms with Crippen LogP contribution in [0.25, 0.3) is 0 Å². The predicted octanol–water partition coefficient (Wildman–Crippen LogP) is 1.14. The monoisotopic (exact) mass is 278 g/mol. The topological polar surface area (TPSA) is 52.0 Å². The minimum absolute atomic E-state index is 0.0836. The second kappa shape index (κ2) is 3.66. The largest absolute Gasteiger partial charge is 0.333 e. The van der Waals surface area contributed by atoms with Crippen molar-refractivity contribution in [1.29, 1.82) is 0 Å². The molecule has 1 fully saturated rings. The van der Waals surface area contributed by atoms with Gasteiger partial charge >= 0.3 is 0 Å². The number of nitrogens with zero attached hydrogens (tertiary/aromatic N) is 2. The molecule has 0 aromatic carbocycles. The molecule has 78 valence electrons. The molecule has 0 bridgehead atoms. The van der Waals surface area contributed by atoms with E-state index in [-0.39, 0.29) is 11.8 Å². The van der Waals surface area contributed by atoms with E-state index >= 15 is 0 Å². The molecule has 0 aliphatic carbocycles. The molecule has 1 aromatic heterocycles. The summed E-state index contributed by atoms with van der Waals surface area (Å²) in [5, 5.41) is 0.708. The Labute approximate surface area is 91.4 Å². The maximum atomic E-state index is 11.2. The van der Waals surface area contributed by atoms with Gasteiger partial charge in [0.15, 0.2) is 9.84 Å². The second-order valence-electron chi connectivity index (χ2n) is 3.50. The molecular weight excluding hydrogens is 268 g/mol. The Balaban J connectivity index is 2.17. The van der Waals surface area contributed by atoms with Gasteiger partial charge in [-0.05, 0) is 6.42 Å². The standard InChI is InChI=1S/C8H11BrN2O2S/c9-3-7-4-11(6-10-7)8-1-2-14(12,13)5-8/h4,6,8H,1-3,5H2. The van der Waals surface area contributed by atoms with Crippen molar-refractivity contribution in [3.05, 3.63) is 18.2 Å². The molecule has 1 unspecified atom stereocenters. The van der Waals surface area contributed by atoms with E-state index < -0.39 is 9.84 Å². The van der Waals surface area contributed by atoms with Crippen molar-refractivity contribution in [1.82, 2.24) is 9.55 Å². The molecule has 14 heavy (non-hydrogen) atoms. The number of sulfone groups is 1. The van der Waals surface area contributed by atoms with Crippen LogP contribution in [0.1, 0.15) is 18.2 Å². The number of hydrogen-bond donors (Lipinski definition) is 0. The van der Waals surface area contributed by atoms with Crippen LogP contribution in [0.5, 0.6) is 0 Å². The first-order chi connectivity index (χ1) is 6.61. The van der Waals surface area contributed by atoms with Crippen LogP contribution in [-0.4, -0.2) is 29.5 Å². The van der Waals surface area contributed by atoms with Crippen molar-refractivity contribution in [2.75, 3.05) is 11.5 Å². The van der Waals surface area contributed by atoms with E-state index in [1.165, 1.54) is 0 Å². The van der Waals surface area contributed by atoms with Gasteiger partial charge in [-0.25, -0.2) is 13.4 Å². The van der Waals surface area contributed by atoms with Crippen molar-refractivity contribution in [3.8, 4) is 0 Å². The van der Waals surface area contributed by atoms with Gasteiger partial charge in [-0.2, -0.15) is 0 Å². The summed E-state index contributed by atoms with van der Waals surface area (Å²) in [6.07, 6.45) is 4.32. The van der Waals surface area contributed by atoms with Crippen molar-refractivity contribution in [2.24, 2.45) is 0 Å². The zero-order chi connectivity index (χ0) is 10.2. The van der Waals surface area contributed by atoms with E-state index in [0.29, 0.717) is 17.5 Å². The molecular formula is C8H11BrN2O2S. The van der Waals surface area contributed by atoms with Gasteiger partial charge in [0.25, 0.3) is 0 Å². The highest BCUT2D eigenvalue weighted by Gasteiger charge is 2.28. The number of imidazole rings is 1. The third-order valence-electron chi connectivity index (χ3n) is 2.42. The minimum Gasteiger partial charge on any atom is -0.333 e. The van der Waals surface area contributed by atoms with Crippen LogP contribution in [0.3, 0.4) is 0 Å². The molecule has 1 aromatic rings. The van der Waals surface area contributed by atoms with Gasteiger partial charge in [0.05, 0.1) is 23.5 Å². The first-order valence-electron chi connectivity index (χ1n) is 4.39. The molecule has 0 saturated carbocycles. The lowest BCUT2D eigenvalue weighted by atomic mass is 10.3. The summed E-state index contributed by atoms with van der Waals surface area (Å²) in [6, 6.07) is 0.0836. The highest BCUT2D eigenvalue weighted by molar-refractivity contribution is 9.08. The summed E-state index contributed by atoms with van der Waals surface area (Å²) in [6.45, 7) is 0. The Morgan fingerprint density at radius 3 is 2.93 bits per heavy atom. The fourth-order valence-electron chi connectivity index (χ4n) is 1.66. The maximum absolute atomic E-state index is 11.2. The van der Waals surface area contributed by atoms with Crippen molar-refractivity contribution < 1.29 is 8.42 Å². The van der Waals surface area contributed by atoms with Gasteiger partial charge in [0.2, 0.25) is 0 Å². The molecule has 2 rings (SSSR count). The number of hydrogen-bond acceptors (Lipinski definition) is 3. The lowest BCUT2D eigenvalue weighted by Gasteiger charge is -2.07. The zero-order valence-corrected chi connectivity index (χ0v) is 9.96. The molecule has 1 atom stereocenters. The second-order valence-corrected chi connectivity index (χ2v) is 6.29. The number of aromatic nitrogens is 2. The first-order valence-corrected chi connectivity index (χ1v) is 7.34. The smallest absolute Gasteiger partial charge is 0.152 e. The lowest BCUT2D eigenvalue weighted by Crippen LogP contribution is -2.09. The van der Waals surface area contributed by atoms with Crippen molar-refractivity contribution in [3.63, 3.8) is 0 Å². The molecule has 2 heterocycles. The highest BCUT2D eigenvalue weighted by Crippen LogP contribution is 2.23. The van der Waals surface area contributed by atoms with Gasteiger partial charge in [-0.1, -0.05) is 15.9 Å². The molecule has 0 radical (unpaired) electrons. The van der Waals surface area contributed by atoms with E-state index in [9.17, 15) is 8.42 Å². The fraction of sp³-hybridized carbons (Fsp3) is 0.625. The Hall–Kier alpha value is -0.360. The van der Waals surface area contributed by atoms with E-state index in [2.05, 4.69) is 20.9 Å². The van der Waals surface area contributed by atoms with Crippen LogP contribution >= 0.6 is 15.9 Å². The highest BCUT2D eigenvalue weighted by atomic mass is 79.9. The third-order valence-corrected chi connectivity index (χ3v) is 4.75. The van der Waals surface area contributed by atoms with E-state index in [1.54, 1.807) is 6.33 Å². The average Bonchev–Trinajstić information content (AvgIpc) is 2.70. The van der Waals surface area contributed by atoms with Crippen LogP contribution in [0, 0.1) is 0 Å². The Morgan fingerprint density at radius 2 is 2.43 bits per heavy atom. The Morgan fingerprint density at radius 1 is 1.64 bits per heavy atom. The quantitative estimate of drug-likeness (QED) is 0.763. The Kier molecular flexibility index (Phi) is 2.66. The minimum atomic E-state index is -2.80. The predicted molar refractivity (Wildman–Crippen MR) is 57.2 cm³/mol. The first kappa shape index (κ1) is 10.2. The molecule has 1 saturated heterocycles. The van der Waals surface area contributed by atoms with Crippen LogP contribution in [-0.2, 0) is 15.2 Å². The lowest BCUT2D eigenvalue weighted by molar-refractivity contribution is 0.554. The van der Waals surface area contributed by atoms with Crippen LogP contribution < -0.4 is 0 Å². The molecule has 0 spiro atoms. The summed E-state index contributed by atoms with van der Waals surface area (Å²) in [5.41, 5.74) is 0.939. The molecule has 1 aliphatic rings. The van der Waals surface area contributed by atoms with Gasteiger partial charge < -0.3 is 4.57 Å². The van der Waals surface area contributed by atoms with Gasteiger partial charge in [0, 0.05) is 17.6 Å². The van der Waals surface area contributed by atoms with Crippen LogP contribution in [0.4, 0.5) is 0 Å². The van der Waals surface area contributed by atoms with E-state index in [4.69, 9.17) is 0 Å². The fourth-order valence-corrected chi connectivity index (χ4v) is 3.67. The maximum Gasteiger partial charge on any atom is 0.152 e. The van der Waals surface area contributed by atoms with Gasteiger partial charge in [-0.15, -0.1) is 0 Å². The summed E-state index contributed by atoms with van der Waals surface area (Å²) < 4.78 is 24.4. The summed E-state index contributed by atoms with van der Waals surface area (Å²) in [5.74, 6) is 0.560. The van der Waals surface area contributed by atoms with E-state index in [0.717, 1.165) is 5.69 Å². The molecule has 1 aliphatic heterocycles. The summed E-state index contributed by atoms with van der Waals surface area (Å²) >= 11 is 3.31. The average molecular weight is 279 g/mol. The third kappa shape index (κ3) is 2.00.